The van der Waals surface area contributed by atoms with Crippen LogP contribution in [0, 0.1) is 25.2 Å². The van der Waals surface area contributed by atoms with Crippen molar-refractivity contribution in [2.45, 2.75) is 19.8 Å². The van der Waals surface area contributed by atoms with Crippen molar-refractivity contribution in [1.29, 1.82) is 5.26 Å². The number of allylic oxidation sites excluding steroid dienone is 1. The molecule has 7 nitrogen and oxygen atoms in total. The van der Waals surface area contributed by atoms with Gasteiger partial charge in [-0.3, -0.25) is 0 Å². The maximum absolute atomic E-state index is 13.0. The van der Waals surface area contributed by atoms with Crippen molar-refractivity contribution in [3.05, 3.63) is 99.1 Å². The zero-order valence-electron chi connectivity index (χ0n) is 19.7. The van der Waals surface area contributed by atoms with E-state index in [-0.39, 0.29) is 23.0 Å². The van der Waals surface area contributed by atoms with Crippen molar-refractivity contribution < 1.29 is 23.4 Å². The van der Waals surface area contributed by atoms with E-state index in [2.05, 4.69) is 6.07 Å². The van der Waals surface area contributed by atoms with Crippen LogP contribution in [0.5, 0.6) is 17.2 Å². The smallest absolute Gasteiger partial charge is 0.379 e. The van der Waals surface area contributed by atoms with Gasteiger partial charge in [-0.05, 0) is 55.3 Å². The molecule has 2 heterocycles. The summed E-state index contributed by atoms with van der Waals surface area (Å²) in [6, 6.07) is 18.1. The summed E-state index contributed by atoms with van der Waals surface area (Å²) in [5.41, 5.74) is 9.94. The fraction of sp³-hybridized carbons (Fsp3) is 0.143. The van der Waals surface area contributed by atoms with Gasteiger partial charge in [0, 0.05) is 27.6 Å². The van der Waals surface area contributed by atoms with Gasteiger partial charge in [0.15, 0.2) is 0 Å². The number of carbonyl (C=O) groups is 1. The predicted molar refractivity (Wildman–Crippen MR) is 134 cm³/mol. The third-order valence-corrected chi connectivity index (χ3v) is 6.64. The summed E-state index contributed by atoms with van der Waals surface area (Å²) in [6.07, 6.45) is 0. The summed E-state index contributed by atoms with van der Waals surface area (Å²) in [4.78, 5) is 13.0. The van der Waals surface area contributed by atoms with Crippen molar-refractivity contribution in [3.63, 3.8) is 0 Å². The molecule has 8 heteroatoms. The van der Waals surface area contributed by atoms with Crippen LogP contribution in [0.25, 0.3) is 11.0 Å². The number of methoxy groups -OCH3 is 1. The fourth-order valence-electron chi connectivity index (χ4n) is 4.35. The third kappa shape index (κ3) is 3.92. The van der Waals surface area contributed by atoms with Gasteiger partial charge >= 0.3 is 5.97 Å². The number of hydrogen-bond donors (Lipinski definition) is 1. The van der Waals surface area contributed by atoms with Gasteiger partial charge in [0.25, 0.3) is 0 Å². The lowest BCUT2D eigenvalue weighted by Gasteiger charge is -2.27. The Morgan fingerprint density at radius 2 is 1.92 bits per heavy atom. The lowest BCUT2D eigenvalue weighted by atomic mass is 9.83. The number of benzene rings is 3. The molecule has 36 heavy (non-hydrogen) atoms. The maximum atomic E-state index is 13.0. The summed E-state index contributed by atoms with van der Waals surface area (Å²) < 4.78 is 22.5. The number of nitrogens with two attached hydrogens (primary N) is 1. The number of carbonyl (C=O) groups excluding carboxylic acids is 1. The number of furan rings is 1. The molecular weight excluding hydrogens is 480 g/mol. The van der Waals surface area contributed by atoms with E-state index in [0.717, 1.165) is 16.5 Å². The second-order valence-corrected chi connectivity index (χ2v) is 8.85. The Morgan fingerprint density at radius 3 is 2.67 bits per heavy atom. The zero-order chi connectivity index (χ0) is 25.6. The lowest BCUT2D eigenvalue weighted by Crippen LogP contribution is -2.21. The molecule has 2 N–H and O–H groups in total. The van der Waals surface area contributed by atoms with Crippen molar-refractivity contribution >= 4 is 28.5 Å². The number of rotatable bonds is 4. The van der Waals surface area contributed by atoms with Crippen LogP contribution < -0.4 is 19.9 Å². The molecule has 0 bridgehead atoms. The summed E-state index contributed by atoms with van der Waals surface area (Å²) in [5.74, 6) is 0.230. The summed E-state index contributed by atoms with van der Waals surface area (Å²) >= 11 is 6.24. The highest BCUT2D eigenvalue weighted by Gasteiger charge is 2.31. The van der Waals surface area contributed by atoms with Crippen LogP contribution in [0.2, 0.25) is 5.02 Å². The number of halogens is 1. The van der Waals surface area contributed by atoms with Crippen molar-refractivity contribution in [2.24, 2.45) is 5.73 Å². The minimum atomic E-state index is -0.654. The number of nitrogens with zero attached hydrogens (tertiary/aromatic N) is 1. The molecule has 0 aliphatic carbocycles. The van der Waals surface area contributed by atoms with Gasteiger partial charge in [-0.1, -0.05) is 29.8 Å². The van der Waals surface area contributed by atoms with E-state index in [9.17, 15) is 10.1 Å². The molecule has 0 fully saturated rings. The first kappa shape index (κ1) is 23.3. The van der Waals surface area contributed by atoms with E-state index >= 15 is 0 Å². The minimum absolute atomic E-state index is 0.0123. The number of ether oxygens (including phenoxy) is 3. The molecule has 1 aliphatic heterocycles. The van der Waals surface area contributed by atoms with E-state index < -0.39 is 11.9 Å². The Kier molecular flexibility index (Phi) is 5.83. The van der Waals surface area contributed by atoms with E-state index in [0.29, 0.717) is 33.2 Å². The molecule has 0 amide bonds. The first-order chi connectivity index (χ1) is 17.3. The van der Waals surface area contributed by atoms with Crippen LogP contribution in [0.15, 0.2) is 70.5 Å². The van der Waals surface area contributed by atoms with Crippen LogP contribution in [0.4, 0.5) is 0 Å². The highest BCUT2D eigenvalue weighted by molar-refractivity contribution is 6.32. The largest absolute Gasteiger partial charge is 0.497 e. The van der Waals surface area contributed by atoms with Gasteiger partial charge in [-0.2, -0.15) is 5.26 Å². The van der Waals surface area contributed by atoms with Crippen LogP contribution in [0.3, 0.4) is 0 Å². The van der Waals surface area contributed by atoms with Gasteiger partial charge < -0.3 is 24.4 Å². The topological polar surface area (TPSA) is 108 Å². The van der Waals surface area contributed by atoms with Gasteiger partial charge in [0.2, 0.25) is 11.6 Å². The van der Waals surface area contributed by atoms with E-state index in [1.54, 1.807) is 44.4 Å². The number of esters is 1. The summed E-state index contributed by atoms with van der Waals surface area (Å²) in [6.45, 7) is 3.64. The number of fused-ring (bicyclic) bond motifs is 2. The molecule has 4 aromatic rings. The molecule has 0 saturated heterocycles. The minimum Gasteiger partial charge on any atom is -0.497 e. The average molecular weight is 501 g/mol. The first-order valence-corrected chi connectivity index (χ1v) is 11.5. The molecule has 0 radical (unpaired) electrons. The summed E-state index contributed by atoms with van der Waals surface area (Å²) in [5, 5.41) is 11.1. The van der Waals surface area contributed by atoms with Gasteiger partial charge in [-0.25, -0.2) is 4.79 Å². The molecule has 0 saturated carbocycles. The lowest BCUT2D eigenvalue weighted by molar-refractivity contribution is 0.0702. The quantitative estimate of drug-likeness (QED) is 0.264. The molecule has 1 aliphatic rings. The van der Waals surface area contributed by atoms with Crippen LogP contribution in [-0.4, -0.2) is 13.1 Å². The monoisotopic (exact) mass is 500 g/mol. The zero-order valence-corrected chi connectivity index (χ0v) is 20.5. The van der Waals surface area contributed by atoms with Crippen molar-refractivity contribution in [1.82, 2.24) is 0 Å². The van der Waals surface area contributed by atoms with E-state index in [1.165, 1.54) is 0 Å². The standard InChI is InChI=1S/C28H21ClN2O5/c1-14-9-23-20(12-22(14)29)15(2)26(35-23)28(32)34-18-7-8-19-24(11-18)36-27(31)21(13-30)25(19)16-5-4-6-17(10-16)33-3/h4-12,25H,31H2,1-3H3. The fourth-order valence-corrected chi connectivity index (χ4v) is 4.52. The molecule has 180 valence electrons. The third-order valence-electron chi connectivity index (χ3n) is 6.23. The van der Waals surface area contributed by atoms with Gasteiger partial charge in [0.05, 0.1) is 13.0 Å². The van der Waals surface area contributed by atoms with Crippen LogP contribution in [-0.2, 0) is 0 Å². The number of aryl methyl sites for hydroxylation is 2. The van der Waals surface area contributed by atoms with E-state index in [4.69, 9.17) is 36.0 Å². The van der Waals surface area contributed by atoms with Gasteiger partial charge in [-0.15, -0.1) is 0 Å². The Bertz CT molecular complexity index is 1610. The molecule has 3 aromatic carbocycles. The Labute approximate surface area is 212 Å². The van der Waals surface area contributed by atoms with E-state index in [1.807, 2.05) is 31.2 Å². The number of hydrogen-bond acceptors (Lipinski definition) is 7. The molecule has 1 unspecified atom stereocenters. The van der Waals surface area contributed by atoms with Crippen molar-refractivity contribution in [2.75, 3.05) is 7.11 Å². The average Bonchev–Trinajstić information content (AvgIpc) is 3.18. The first-order valence-electron chi connectivity index (χ1n) is 11.1. The highest BCUT2D eigenvalue weighted by atomic mass is 35.5. The molecule has 1 aromatic heterocycles. The maximum Gasteiger partial charge on any atom is 0.379 e. The molecular formula is C28H21ClN2O5. The second-order valence-electron chi connectivity index (χ2n) is 8.44. The molecule has 1 atom stereocenters. The molecule has 5 rings (SSSR count). The normalized spacial score (nSPS) is 14.7. The van der Waals surface area contributed by atoms with Crippen LogP contribution in [0.1, 0.15) is 38.7 Å². The Hall–Kier alpha value is -4.41. The predicted octanol–water partition coefficient (Wildman–Crippen LogP) is 6.15. The molecule has 0 spiro atoms. The van der Waals surface area contributed by atoms with Gasteiger partial charge in [0.1, 0.15) is 34.5 Å². The highest BCUT2D eigenvalue weighted by Crippen LogP contribution is 2.44. The Balaban J connectivity index is 1.49. The SMILES string of the molecule is COc1cccc(C2C(C#N)=C(N)Oc3cc(OC(=O)c4oc5cc(C)c(Cl)cc5c4C)ccc32)c1. The summed E-state index contributed by atoms with van der Waals surface area (Å²) in [7, 11) is 1.58. The van der Waals surface area contributed by atoms with Crippen molar-refractivity contribution in [3.8, 4) is 23.3 Å². The number of nitriles is 1. The Morgan fingerprint density at radius 1 is 1.11 bits per heavy atom. The van der Waals surface area contributed by atoms with Crippen LogP contribution >= 0.6 is 11.6 Å². The second kappa shape index (κ2) is 8.99.